The maximum Gasteiger partial charge on any atom is 0.222 e. The molecular formula is C14H25NO2. The van der Waals surface area contributed by atoms with Crippen LogP contribution in [0, 0.1) is 5.92 Å². The van der Waals surface area contributed by atoms with Gasteiger partial charge in [0.15, 0.2) is 5.78 Å². The van der Waals surface area contributed by atoms with Crippen LogP contribution in [0.4, 0.5) is 0 Å². The van der Waals surface area contributed by atoms with Gasteiger partial charge in [0, 0.05) is 26.4 Å². The van der Waals surface area contributed by atoms with E-state index in [0.717, 1.165) is 25.8 Å². The topological polar surface area (TPSA) is 37.4 Å². The standard InChI is InChI=1S/C14H25NO2/c1-5-13(16)11-12(3)9-7-8-10-15(4)14(17)6-2/h5,12H,1,6-11H2,2-4H3. The number of rotatable bonds is 9. The minimum atomic E-state index is 0.121. The Hall–Kier alpha value is -1.12. The maximum absolute atomic E-state index is 11.3. The van der Waals surface area contributed by atoms with Gasteiger partial charge in [0.2, 0.25) is 5.91 Å². The summed E-state index contributed by atoms with van der Waals surface area (Å²) in [5, 5.41) is 0. The smallest absolute Gasteiger partial charge is 0.222 e. The van der Waals surface area contributed by atoms with Crippen LogP contribution < -0.4 is 0 Å². The minimum Gasteiger partial charge on any atom is -0.346 e. The molecule has 0 aliphatic rings. The summed E-state index contributed by atoms with van der Waals surface area (Å²) in [5.41, 5.74) is 0. The minimum absolute atomic E-state index is 0.121. The van der Waals surface area contributed by atoms with Gasteiger partial charge in [-0.25, -0.2) is 0 Å². The normalized spacial score (nSPS) is 11.9. The molecule has 0 aromatic heterocycles. The quantitative estimate of drug-likeness (QED) is 0.458. The fraction of sp³-hybridized carbons (Fsp3) is 0.714. The van der Waals surface area contributed by atoms with Crippen LogP contribution in [0.1, 0.15) is 46.0 Å². The molecule has 0 N–H and O–H groups in total. The van der Waals surface area contributed by atoms with Crippen LogP contribution in [0.25, 0.3) is 0 Å². The molecule has 0 heterocycles. The summed E-state index contributed by atoms with van der Waals surface area (Å²) in [4.78, 5) is 24.2. The first kappa shape index (κ1) is 15.9. The van der Waals surface area contributed by atoms with Crippen molar-refractivity contribution < 1.29 is 9.59 Å². The predicted molar refractivity (Wildman–Crippen MR) is 70.8 cm³/mol. The van der Waals surface area contributed by atoms with E-state index in [0.29, 0.717) is 18.8 Å². The van der Waals surface area contributed by atoms with Crippen molar-refractivity contribution in [3.8, 4) is 0 Å². The molecule has 0 radical (unpaired) electrons. The summed E-state index contributed by atoms with van der Waals surface area (Å²) in [6, 6.07) is 0. The van der Waals surface area contributed by atoms with Crippen LogP contribution in [-0.4, -0.2) is 30.2 Å². The fourth-order valence-electron chi connectivity index (χ4n) is 1.77. The molecule has 1 amide bonds. The Labute approximate surface area is 105 Å². The van der Waals surface area contributed by atoms with E-state index in [-0.39, 0.29) is 11.7 Å². The van der Waals surface area contributed by atoms with Gasteiger partial charge in [-0.15, -0.1) is 0 Å². The van der Waals surface area contributed by atoms with Gasteiger partial charge < -0.3 is 4.90 Å². The van der Waals surface area contributed by atoms with Gasteiger partial charge in [0.1, 0.15) is 0 Å². The average Bonchev–Trinajstić information content (AvgIpc) is 2.32. The Kier molecular flexibility index (Phi) is 8.38. The van der Waals surface area contributed by atoms with E-state index in [2.05, 4.69) is 13.5 Å². The first-order valence-corrected chi connectivity index (χ1v) is 6.40. The second-order valence-corrected chi connectivity index (χ2v) is 4.64. The van der Waals surface area contributed by atoms with Crippen molar-refractivity contribution in [3.05, 3.63) is 12.7 Å². The summed E-state index contributed by atoms with van der Waals surface area (Å²) in [5.74, 6) is 0.725. The van der Waals surface area contributed by atoms with Crippen molar-refractivity contribution in [1.82, 2.24) is 4.90 Å². The molecule has 0 saturated carbocycles. The number of amides is 1. The Morgan fingerprint density at radius 3 is 2.53 bits per heavy atom. The van der Waals surface area contributed by atoms with Gasteiger partial charge in [-0.05, 0) is 18.4 Å². The Morgan fingerprint density at radius 2 is 2.00 bits per heavy atom. The third-order valence-electron chi connectivity index (χ3n) is 2.95. The lowest BCUT2D eigenvalue weighted by molar-refractivity contribution is -0.129. The molecular weight excluding hydrogens is 214 g/mol. The molecule has 0 aliphatic carbocycles. The van der Waals surface area contributed by atoms with Gasteiger partial charge >= 0.3 is 0 Å². The summed E-state index contributed by atoms with van der Waals surface area (Å²) in [6.07, 6.45) is 5.66. The average molecular weight is 239 g/mol. The number of carbonyl (C=O) groups excluding carboxylic acids is 2. The highest BCUT2D eigenvalue weighted by atomic mass is 16.2. The lowest BCUT2D eigenvalue weighted by atomic mass is 9.98. The second kappa shape index (κ2) is 8.97. The third kappa shape index (κ3) is 7.72. The number of carbonyl (C=O) groups is 2. The van der Waals surface area contributed by atoms with Crippen molar-refractivity contribution in [1.29, 1.82) is 0 Å². The molecule has 0 aromatic rings. The van der Waals surface area contributed by atoms with Crippen LogP contribution >= 0.6 is 0 Å². The van der Waals surface area contributed by atoms with E-state index in [1.54, 1.807) is 4.90 Å². The molecule has 0 rings (SSSR count). The first-order chi connectivity index (χ1) is 8.01. The number of unbranched alkanes of at least 4 members (excludes halogenated alkanes) is 1. The van der Waals surface area contributed by atoms with Gasteiger partial charge in [-0.2, -0.15) is 0 Å². The highest BCUT2D eigenvalue weighted by Crippen LogP contribution is 2.12. The van der Waals surface area contributed by atoms with Crippen molar-refractivity contribution in [2.75, 3.05) is 13.6 Å². The number of nitrogens with zero attached hydrogens (tertiary/aromatic N) is 1. The van der Waals surface area contributed by atoms with Crippen molar-refractivity contribution in [2.45, 2.75) is 46.0 Å². The van der Waals surface area contributed by atoms with E-state index in [4.69, 9.17) is 0 Å². The largest absolute Gasteiger partial charge is 0.346 e. The van der Waals surface area contributed by atoms with E-state index in [9.17, 15) is 9.59 Å². The number of hydrogen-bond acceptors (Lipinski definition) is 2. The van der Waals surface area contributed by atoms with E-state index in [1.165, 1.54) is 6.08 Å². The maximum atomic E-state index is 11.3. The molecule has 17 heavy (non-hydrogen) atoms. The highest BCUT2D eigenvalue weighted by Gasteiger charge is 2.08. The summed E-state index contributed by atoms with van der Waals surface area (Å²) in [7, 11) is 1.84. The molecule has 3 heteroatoms. The molecule has 0 aliphatic heterocycles. The lowest BCUT2D eigenvalue weighted by Crippen LogP contribution is -2.26. The number of allylic oxidation sites excluding steroid dienone is 1. The molecule has 0 spiro atoms. The SMILES string of the molecule is C=CC(=O)CC(C)CCCCN(C)C(=O)CC. The van der Waals surface area contributed by atoms with Gasteiger partial charge in [0.25, 0.3) is 0 Å². The molecule has 1 unspecified atom stereocenters. The zero-order chi connectivity index (χ0) is 13.3. The summed E-state index contributed by atoms with van der Waals surface area (Å²) in [6.45, 7) is 8.25. The van der Waals surface area contributed by atoms with Crippen LogP contribution in [0.2, 0.25) is 0 Å². The van der Waals surface area contributed by atoms with Gasteiger partial charge in [0.05, 0.1) is 0 Å². The monoisotopic (exact) mass is 239 g/mol. The van der Waals surface area contributed by atoms with Gasteiger partial charge in [-0.3, -0.25) is 9.59 Å². The van der Waals surface area contributed by atoms with Crippen LogP contribution in [-0.2, 0) is 9.59 Å². The third-order valence-corrected chi connectivity index (χ3v) is 2.95. The molecule has 0 aromatic carbocycles. The Morgan fingerprint density at radius 1 is 1.35 bits per heavy atom. The molecule has 3 nitrogen and oxygen atoms in total. The fourth-order valence-corrected chi connectivity index (χ4v) is 1.77. The molecule has 1 atom stereocenters. The first-order valence-electron chi connectivity index (χ1n) is 6.40. The highest BCUT2D eigenvalue weighted by molar-refractivity contribution is 5.89. The lowest BCUT2D eigenvalue weighted by Gasteiger charge is -2.16. The summed E-state index contributed by atoms with van der Waals surface area (Å²) < 4.78 is 0. The second-order valence-electron chi connectivity index (χ2n) is 4.64. The van der Waals surface area contributed by atoms with E-state index in [1.807, 2.05) is 14.0 Å². The Bertz CT molecular complexity index is 261. The Balaban J connectivity index is 3.60. The van der Waals surface area contributed by atoms with E-state index < -0.39 is 0 Å². The molecule has 0 bridgehead atoms. The zero-order valence-corrected chi connectivity index (χ0v) is 11.4. The van der Waals surface area contributed by atoms with Crippen LogP contribution in [0.3, 0.4) is 0 Å². The predicted octanol–water partition coefficient (Wildman–Crippen LogP) is 2.81. The van der Waals surface area contributed by atoms with Gasteiger partial charge in [-0.1, -0.05) is 33.3 Å². The molecule has 0 saturated heterocycles. The van der Waals surface area contributed by atoms with Crippen LogP contribution in [0.5, 0.6) is 0 Å². The number of hydrogen-bond donors (Lipinski definition) is 0. The van der Waals surface area contributed by atoms with Crippen LogP contribution in [0.15, 0.2) is 12.7 Å². The molecule has 98 valence electrons. The number of ketones is 1. The van der Waals surface area contributed by atoms with Crippen molar-refractivity contribution >= 4 is 11.7 Å². The van der Waals surface area contributed by atoms with Crippen molar-refractivity contribution in [2.24, 2.45) is 5.92 Å². The molecule has 0 fully saturated rings. The zero-order valence-electron chi connectivity index (χ0n) is 11.4. The van der Waals surface area contributed by atoms with Crippen molar-refractivity contribution in [3.63, 3.8) is 0 Å². The van der Waals surface area contributed by atoms with E-state index >= 15 is 0 Å². The summed E-state index contributed by atoms with van der Waals surface area (Å²) >= 11 is 0.